The van der Waals surface area contributed by atoms with Gasteiger partial charge in [0, 0.05) is 18.8 Å². The van der Waals surface area contributed by atoms with Gasteiger partial charge in [0.15, 0.2) is 5.16 Å². The van der Waals surface area contributed by atoms with Crippen molar-refractivity contribution in [3.8, 4) is 6.01 Å². The number of carboxylic acid groups (broad SMARTS) is 1. The number of aromatic nitrogens is 3. The molecule has 2 heterocycles. The Hall–Kier alpha value is 0.0264. The summed E-state index contributed by atoms with van der Waals surface area (Å²) in [5, 5.41) is 10.8. The Labute approximate surface area is 163 Å². The van der Waals surface area contributed by atoms with Crippen LogP contribution in [0.1, 0.15) is 0 Å². The smallest absolute Gasteiger partial charge is 0.549 e. The van der Waals surface area contributed by atoms with Crippen LogP contribution in [0, 0.1) is 0 Å². The summed E-state index contributed by atoms with van der Waals surface area (Å²) in [6.07, 6.45) is 0. The van der Waals surface area contributed by atoms with E-state index in [2.05, 4.69) is 15.0 Å². The van der Waals surface area contributed by atoms with Crippen LogP contribution >= 0.6 is 11.8 Å². The van der Waals surface area contributed by atoms with Gasteiger partial charge >= 0.3 is 57.4 Å². The van der Waals surface area contributed by atoms with Crippen LogP contribution in [-0.2, 0) is 9.53 Å². The molecule has 2 rings (SSSR count). The molecule has 1 aliphatic rings. The normalized spacial score (nSPS) is 14.6. The number of aliphatic carboxylic acids is 1. The van der Waals surface area contributed by atoms with E-state index in [-0.39, 0.29) is 63.1 Å². The van der Waals surface area contributed by atoms with Crippen molar-refractivity contribution in [1.82, 2.24) is 15.0 Å². The Bertz CT molecular complexity index is 459. The zero-order chi connectivity index (χ0) is 13.7. The zero-order valence-corrected chi connectivity index (χ0v) is 15.3. The van der Waals surface area contributed by atoms with Gasteiger partial charge in [-0.15, -0.1) is 0 Å². The molecule has 0 atom stereocenters. The summed E-state index contributed by atoms with van der Waals surface area (Å²) in [5.41, 5.74) is 0. The number of hydrogen-bond acceptors (Lipinski definition) is 9. The largest absolute Gasteiger partial charge is 1.00 e. The number of carbonyl (C=O) groups is 1. The molecule has 1 saturated heterocycles. The first-order valence-electron chi connectivity index (χ1n) is 5.64. The van der Waals surface area contributed by atoms with Crippen molar-refractivity contribution in [3.63, 3.8) is 0 Å². The molecule has 0 amide bonds. The van der Waals surface area contributed by atoms with E-state index in [0.29, 0.717) is 37.4 Å². The van der Waals surface area contributed by atoms with E-state index in [4.69, 9.17) is 9.47 Å². The number of rotatable bonds is 5. The van der Waals surface area contributed by atoms with E-state index in [0.717, 1.165) is 11.8 Å². The molecule has 1 aromatic rings. The molecule has 0 unspecified atom stereocenters. The van der Waals surface area contributed by atoms with Gasteiger partial charge in [-0.25, -0.2) is 0 Å². The first kappa shape index (κ1) is 18.1. The molecule has 0 aliphatic carbocycles. The number of anilines is 1. The van der Waals surface area contributed by atoms with E-state index < -0.39 is 5.97 Å². The second-order valence-corrected chi connectivity index (χ2v) is 4.61. The summed E-state index contributed by atoms with van der Waals surface area (Å²) in [5.74, 6) is -0.913. The summed E-state index contributed by atoms with van der Waals surface area (Å²) < 4.78 is 10.2. The quantitative estimate of drug-likeness (QED) is 0.392. The summed E-state index contributed by atoms with van der Waals surface area (Å²) in [6.45, 7) is 2.57. The minimum absolute atomic E-state index is 0. The van der Waals surface area contributed by atoms with Crippen molar-refractivity contribution >= 4 is 23.7 Å². The van der Waals surface area contributed by atoms with E-state index in [1.165, 1.54) is 7.11 Å². The molecule has 10 heteroatoms. The average molecular weight is 324 g/mol. The predicted octanol–water partition coefficient (Wildman–Crippen LogP) is -4.44. The molecule has 20 heavy (non-hydrogen) atoms. The minimum Gasteiger partial charge on any atom is -0.549 e. The van der Waals surface area contributed by atoms with Gasteiger partial charge in [0.25, 0.3) is 0 Å². The molecule has 0 saturated carbocycles. The van der Waals surface area contributed by atoms with Crippen molar-refractivity contribution in [1.29, 1.82) is 0 Å². The van der Waals surface area contributed by atoms with Crippen LogP contribution in [0.3, 0.4) is 0 Å². The maximum absolute atomic E-state index is 10.5. The monoisotopic (exact) mass is 324 g/mol. The van der Waals surface area contributed by atoms with Crippen molar-refractivity contribution in [2.45, 2.75) is 5.16 Å². The molecule has 0 bridgehead atoms. The molecule has 1 fully saturated rings. The third kappa shape index (κ3) is 5.43. The van der Waals surface area contributed by atoms with Gasteiger partial charge in [-0.1, -0.05) is 11.8 Å². The van der Waals surface area contributed by atoms with Gasteiger partial charge in [0.2, 0.25) is 5.95 Å². The molecule has 1 aliphatic heterocycles. The Morgan fingerprint density at radius 1 is 1.40 bits per heavy atom. The number of morpholine rings is 1. The zero-order valence-electron chi connectivity index (χ0n) is 11.4. The molecular weight excluding hydrogens is 311 g/mol. The number of thioether (sulfide) groups is 1. The second-order valence-electron chi connectivity index (χ2n) is 3.66. The number of methoxy groups -OCH3 is 1. The maximum atomic E-state index is 10.5. The maximum Gasteiger partial charge on any atom is 1.00 e. The van der Waals surface area contributed by atoms with E-state index in [1.807, 2.05) is 4.90 Å². The Morgan fingerprint density at radius 2 is 2.10 bits per heavy atom. The summed E-state index contributed by atoms with van der Waals surface area (Å²) >= 11 is 0.974. The van der Waals surface area contributed by atoms with Crippen LogP contribution < -0.4 is 66.1 Å². The van der Waals surface area contributed by atoms with Crippen LogP contribution in [0.5, 0.6) is 6.01 Å². The third-order valence-corrected chi connectivity index (χ3v) is 3.20. The summed E-state index contributed by atoms with van der Waals surface area (Å²) in [6, 6.07) is 0.164. The SMILES string of the molecule is COc1nc(SCC(=O)[O-])nc(N2CCOCC2)n1.[K+]. The average Bonchev–Trinajstić information content (AvgIpc) is 2.45. The number of carbonyl (C=O) groups excluding carboxylic acids is 1. The first-order chi connectivity index (χ1) is 9.19. The molecule has 0 radical (unpaired) electrons. The fourth-order valence-corrected chi connectivity index (χ4v) is 2.05. The van der Waals surface area contributed by atoms with Gasteiger partial charge in [-0.3, -0.25) is 0 Å². The number of carboxylic acids is 1. The summed E-state index contributed by atoms with van der Waals surface area (Å²) in [4.78, 5) is 24.8. The summed E-state index contributed by atoms with van der Waals surface area (Å²) in [7, 11) is 1.45. The first-order valence-corrected chi connectivity index (χ1v) is 6.63. The van der Waals surface area contributed by atoms with Gasteiger partial charge in [0.05, 0.1) is 26.3 Å². The second kappa shape index (κ2) is 9.13. The van der Waals surface area contributed by atoms with E-state index >= 15 is 0 Å². The topological polar surface area (TPSA) is 100 Å². The van der Waals surface area contributed by atoms with E-state index in [1.54, 1.807) is 0 Å². The Balaban J connectivity index is 0.00000200. The van der Waals surface area contributed by atoms with Crippen LogP contribution in [0.25, 0.3) is 0 Å². The number of ether oxygens (including phenoxy) is 2. The van der Waals surface area contributed by atoms with Gasteiger partial charge in [0.1, 0.15) is 0 Å². The van der Waals surface area contributed by atoms with Crippen LogP contribution in [0.4, 0.5) is 5.95 Å². The van der Waals surface area contributed by atoms with Gasteiger partial charge < -0.3 is 24.3 Å². The number of hydrogen-bond donors (Lipinski definition) is 0. The van der Waals surface area contributed by atoms with Crippen LogP contribution in [0.2, 0.25) is 0 Å². The van der Waals surface area contributed by atoms with Gasteiger partial charge in [-0.2, -0.15) is 15.0 Å². The Morgan fingerprint density at radius 3 is 2.70 bits per heavy atom. The Kier molecular flexibility index (Phi) is 8.25. The molecule has 104 valence electrons. The fraction of sp³-hybridized carbons (Fsp3) is 0.600. The molecular formula is C10H13KN4O4S. The van der Waals surface area contributed by atoms with Crippen molar-refractivity contribution in [3.05, 3.63) is 0 Å². The number of nitrogens with zero attached hydrogens (tertiary/aromatic N) is 4. The molecule has 0 spiro atoms. The minimum atomic E-state index is -1.17. The fourth-order valence-electron chi connectivity index (χ4n) is 1.51. The van der Waals surface area contributed by atoms with Crippen molar-refractivity contribution in [2.75, 3.05) is 44.1 Å². The van der Waals surface area contributed by atoms with Crippen LogP contribution in [-0.4, -0.2) is 60.1 Å². The molecule has 0 N–H and O–H groups in total. The van der Waals surface area contributed by atoms with Crippen LogP contribution in [0.15, 0.2) is 5.16 Å². The molecule has 0 aromatic carbocycles. The predicted molar refractivity (Wildman–Crippen MR) is 65.1 cm³/mol. The van der Waals surface area contributed by atoms with Crippen molar-refractivity contribution < 1.29 is 70.8 Å². The van der Waals surface area contributed by atoms with Crippen molar-refractivity contribution in [2.24, 2.45) is 0 Å². The molecule has 1 aromatic heterocycles. The standard InChI is InChI=1S/C10H14N4O4S.K/c1-17-9-11-8(14-2-4-18-5-3-14)12-10(13-9)19-6-7(15)16;/h2-6H2,1H3,(H,15,16);/q;+1/p-1. The molecule has 8 nitrogen and oxygen atoms in total. The van der Waals surface area contributed by atoms with E-state index in [9.17, 15) is 9.90 Å². The van der Waals surface area contributed by atoms with Gasteiger partial charge in [-0.05, 0) is 0 Å². The third-order valence-electron chi connectivity index (χ3n) is 2.38.